The number of benzene rings is 1. The van der Waals surface area contributed by atoms with Gasteiger partial charge >= 0.3 is 0 Å². The Kier molecular flexibility index (Phi) is 6.12. The number of nitrogens with two attached hydrogens (primary N) is 1. The molecule has 3 heteroatoms. The largest absolute Gasteiger partial charge is 0.369 e. The number of rotatable bonds is 8. The standard InChI is InChI=1S/C15H21NO2/c1-2-3-5-10-14(17)13(15(16)18)11-12-8-6-4-7-9-12/h4,6-9,13H,2-3,5,10-11H2,1H3,(H2,16,18). The number of unbranched alkanes of at least 4 members (excludes halogenated alkanes) is 2. The van der Waals surface area contributed by atoms with E-state index in [9.17, 15) is 9.59 Å². The second kappa shape index (κ2) is 7.64. The van der Waals surface area contributed by atoms with Gasteiger partial charge in [0.05, 0.1) is 0 Å². The lowest BCUT2D eigenvalue weighted by Gasteiger charge is -2.12. The lowest BCUT2D eigenvalue weighted by atomic mass is 9.92. The Morgan fingerprint density at radius 3 is 2.39 bits per heavy atom. The van der Waals surface area contributed by atoms with Gasteiger partial charge in [-0.25, -0.2) is 0 Å². The van der Waals surface area contributed by atoms with Gasteiger partial charge in [0.15, 0.2) is 0 Å². The van der Waals surface area contributed by atoms with Gasteiger partial charge in [-0.2, -0.15) is 0 Å². The molecule has 0 aromatic heterocycles. The van der Waals surface area contributed by atoms with Gasteiger partial charge in [-0.05, 0) is 18.4 Å². The third-order valence-corrected chi connectivity index (χ3v) is 3.04. The van der Waals surface area contributed by atoms with Crippen LogP contribution in [-0.4, -0.2) is 11.7 Å². The van der Waals surface area contributed by atoms with Crippen molar-refractivity contribution in [2.24, 2.45) is 11.7 Å². The van der Waals surface area contributed by atoms with Crippen LogP contribution in [0.3, 0.4) is 0 Å². The highest BCUT2D eigenvalue weighted by Gasteiger charge is 2.23. The summed E-state index contributed by atoms with van der Waals surface area (Å²) in [5.74, 6) is -1.22. The fraction of sp³-hybridized carbons (Fsp3) is 0.467. The van der Waals surface area contributed by atoms with E-state index >= 15 is 0 Å². The molecule has 1 unspecified atom stereocenters. The van der Waals surface area contributed by atoms with Gasteiger partial charge in [-0.1, -0.05) is 50.1 Å². The van der Waals surface area contributed by atoms with Crippen LogP contribution in [-0.2, 0) is 16.0 Å². The van der Waals surface area contributed by atoms with Crippen molar-refractivity contribution in [2.45, 2.75) is 39.0 Å². The summed E-state index contributed by atoms with van der Waals surface area (Å²) in [7, 11) is 0. The van der Waals surface area contributed by atoms with Gasteiger partial charge in [-0.3, -0.25) is 9.59 Å². The number of carbonyl (C=O) groups is 2. The number of amides is 1. The van der Waals surface area contributed by atoms with E-state index in [2.05, 4.69) is 6.92 Å². The van der Waals surface area contributed by atoms with Crippen molar-refractivity contribution in [1.82, 2.24) is 0 Å². The second-order valence-electron chi connectivity index (χ2n) is 4.57. The molecule has 1 aromatic rings. The first kappa shape index (κ1) is 14.4. The zero-order chi connectivity index (χ0) is 13.4. The molecule has 0 heterocycles. The van der Waals surface area contributed by atoms with Crippen molar-refractivity contribution in [3.63, 3.8) is 0 Å². The molecule has 0 bridgehead atoms. The Morgan fingerprint density at radius 1 is 1.17 bits per heavy atom. The predicted molar refractivity (Wildman–Crippen MR) is 72.0 cm³/mol. The molecule has 0 aliphatic carbocycles. The summed E-state index contributed by atoms with van der Waals surface area (Å²) < 4.78 is 0. The summed E-state index contributed by atoms with van der Waals surface area (Å²) in [5.41, 5.74) is 6.31. The summed E-state index contributed by atoms with van der Waals surface area (Å²) in [6.07, 6.45) is 3.79. The first-order valence-electron chi connectivity index (χ1n) is 6.51. The molecule has 0 aliphatic rings. The molecule has 0 aliphatic heterocycles. The van der Waals surface area contributed by atoms with E-state index in [1.165, 1.54) is 0 Å². The number of hydrogen-bond acceptors (Lipinski definition) is 2. The van der Waals surface area contributed by atoms with E-state index < -0.39 is 11.8 Å². The first-order valence-corrected chi connectivity index (χ1v) is 6.51. The van der Waals surface area contributed by atoms with Gasteiger partial charge in [0, 0.05) is 6.42 Å². The molecule has 3 nitrogen and oxygen atoms in total. The molecule has 0 saturated heterocycles. The number of carbonyl (C=O) groups excluding carboxylic acids is 2. The molecule has 1 amide bonds. The molecule has 0 radical (unpaired) electrons. The molecule has 98 valence electrons. The maximum atomic E-state index is 12.0. The fourth-order valence-electron chi connectivity index (χ4n) is 1.95. The maximum absolute atomic E-state index is 12.0. The van der Waals surface area contributed by atoms with Gasteiger partial charge in [0.2, 0.25) is 5.91 Å². The third-order valence-electron chi connectivity index (χ3n) is 3.04. The van der Waals surface area contributed by atoms with Gasteiger partial charge in [0.25, 0.3) is 0 Å². The van der Waals surface area contributed by atoms with E-state index in [0.717, 1.165) is 24.8 Å². The minimum atomic E-state index is -0.677. The number of Topliss-reactive ketones (excluding diaryl/α,β-unsaturated/α-hetero) is 1. The lowest BCUT2D eigenvalue weighted by molar-refractivity contribution is -0.132. The Morgan fingerprint density at radius 2 is 1.83 bits per heavy atom. The van der Waals surface area contributed by atoms with E-state index in [1.807, 2.05) is 30.3 Å². The normalized spacial score (nSPS) is 12.1. The minimum absolute atomic E-state index is 0.0280. The van der Waals surface area contributed by atoms with Crippen LogP contribution in [0.25, 0.3) is 0 Å². The highest BCUT2D eigenvalue weighted by molar-refractivity contribution is 6.00. The monoisotopic (exact) mass is 247 g/mol. The highest BCUT2D eigenvalue weighted by atomic mass is 16.2. The molecule has 1 atom stereocenters. The Labute approximate surface area is 108 Å². The topological polar surface area (TPSA) is 60.2 Å². The molecule has 1 rings (SSSR count). The number of primary amides is 1. The van der Waals surface area contributed by atoms with Crippen molar-refractivity contribution in [3.05, 3.63) is 35.9 Å². The van der Waals surface area contributed by atoms with Crippen molar-refractivity contribution in [1.29, 1.82) is 0 Å². The molecule has 1 aromatic carbocycles. The van der Waals surface area contributed by atoms with Crippen LogP contribution >= 0.6 is 0 Å². The lowest BCUT2D eigenvalue weighted by Crippen LogP contribution is -2.32. The summed E-state index contributed by atoms with van der Waals surface area (Å²) in [6, 6.07) is 9.53. The van der Waals surface area contributed by atoms with Crippen molar-refractivity contribution < 1.29 is 9.59 Å². The second-order valence-corrected chi connectivity index (χ2v) is 4.57. The van der Waals surface area contributed by atoms with Crippen LogP contribution in [0.15, 0.2) is 30.3 Å². The van der Waals surface area contributed by atoms with E-state index in [0.29, 0.717) is 12.8 Å². The van der Waals surface area contributed by atoms with Gasteiger partial charge in [0.1, 0.15) is 11.7 Å². The molecule has 0 fully saturated rings. The molecule has 2 N–H and O–H groups in total. The van der Waals surface area contributed by atoms with Crippen LogP contribution in [0.5, 0.6) is 0 Å². The highest BCUT2D eigenvalue weighted by Crippen LogP contribution is 2.13. The predicted octanol–water partition coefficient (Wildman–Crippen LogP) is 2.48. The van der Waals surface area contributed by atoms with E-state index in [1.54, 1.807) is 0 Å². The number of hydrogen-bond donors (Lipinski definition) is 1. The van der Waals surface area contributed by atoms with Crippen LogP contribution in [0.1, 0.15) is 38.2 Å². The fourth-order valence-corrected chi connectivity index (χ4v) is 1.95. The van der Waals surface area contributed by atoms with E-state index in [4.69, 9.17) is 5.73 Å². The first-order chi connectivity index (χ1) is 8.65. The zero-order valence-electron chi connectivity index (χ0n) is 10.9. The molecular weight excluding hydrogens is 226 g/mol. The molecule has 0 spiro atoms. The maximum Gasteiger partial charge on any atom is 0.228 e. The average Bonchev–Trinajstić information content (AvgIpc) is 2.37. The summed E-state index contributed by atoms with van der Waals surface area (Å²) >= 11 is 0. The Balaban J connectivity index is 2.60. The van der Waals surface area contributed by atoms with Gasteiger partial charge in [-0.15, -0.1) is 0 Å². The summed E-state index contributed by atoms with van der Waals surface area (Å²) in [6.45, 7) is 2.08. The molecule has 18 heavy (non-hydrogen) atoms. The van der Waals surface area contributed by atoms with Crippen LogP contribution < -0.4 is 5.73 Å². The van der Waals surface area contributed by atoms with Crippen molar-refractivity contribution >= 4 is 11.7 Å². The van der Waals surface area contributed by atoms with Crippen LogP contribution in [0.2, 0.25) is 0 Å². The average molecular weight is 247 g/mol. The van der Waals surface area contributed by atoms with Crippen molar-refractivity contribution in [2.75, 3.05) is 0 Å². The quantitative estimate of drug-likeness (QED) is 0.566. The Hall–Kier alpha value is -1.64. The third kappa shape index (κ3) is 4.70. The van der Waals surface area contributed by atoms with Gasteiger partial charge < -0.3 is 5.73 Å². The summed E-state index contributed by atoms with van der Waals surface area (Å²) in [5, 5.41) is 0. The SMILES string of the molecule is CCCCCC(=O)C(Cc1ccccc1)C(N)=O. The summed E-state index contributed by atoms with van der Waals surface area (Å²) in [4.78, 5) is 23.3. The zero-order valence-corrected chi connectivity index (χ0v) is 10.9. The minimum Gasteiger partial charge on any atom is -0.369 e. The smallest absolute Gasteiger partial charge is 0.228 e. The molecule has 0 saturated carbocycles. The Bertz CT molecular complexity index is 387. The van der Waals surface area contributed by atoms with Crippen molar-refractivity contribution in [3.8, 4) is 0 Å². The van der Waals surface area contributed by atoms with Crippen LogP contribution in [0, 0.1) is 5.92 Å². The van der Waals surface area contributed by atoms with E-state index in [-0.39, 0.29) is 5.78 Å². The molecular formula is C15H21NO2. The number of ketones is 1. The van der Waals surface area contributed by atoms with Crippen LogP contribution in [0.4, 0.5) is 0 Å².